The van der Waals surface area contributed by atoms with Crippen molar-refractivity contribution < 1.29 is 14.0 Å². The predicted octanol–water partition coefficient (Wildman–Crippen LogP) is 5.51. The second-order valence-electron chi connectivity index (χ2n) is 6.88. The lowest BCUT2D eigenvalue weighted by atomic mass is 10.1. The van der Waals surface area contributed by atoms with Gasteiger partial charge in [-0.15, -0.1) is 0 Å². The Morgan fingerprint density at radius 2 is 1.70 bits per heavy atom. The van der Waals surface area contributed by atoms with E-state index in [1.807, 2.05) is 38.1 Å². The molecule has 1 atom stereocenters. The van der Waals surface area contributed by atoms with Crippen molar-refractivity contribution in [3.8, 4) is 0 Å². The minimum atomic E-state index is -0.590. The molecule has 0 spiro atoms. The lowest BCUT2D eigenvalue weighted by Gasteiger charge is -2.21. The van der Waals surface area contributed by atoms with Crippen LogP contribution in [0.15, 0.2) is 72.8 Å². The van der Waals surface area contributed by atoms with Crippen molar-refractivity contribution in [3.05, 3.63) is 95.3 Å². The number of aryl methyl sites for hydroxylation is 1. The fraction of sp³-hybridized carbons (Fsp3) is 0.130. The lowest BCUT2D eigenvalue weighted by Crippen LogP contribution is -2.35. The zero-order valence-corrected chi connectivity index (χ0v) is 17.5. The molecule has 0 bridgehead atoms. The maximum absolute atomic E-state index is 13.7. The Labute approximate surface area is 180 Å². The van der Waals surface area contributed by atoms with Gasteiger partial charge in [0.1, 0.15) is 5.82 Å². The number of rotatable bonds is 5. The normalized spacial score (nSPS) is 11.5. The van der Waals surface area contributed by atoms with Crippen LogP contribution in [0.5, 0.6) is 0 Å². The van der Waals surface area contributed by atoms with Gasteiger partial charge in [0.25, 0.3) is 5.91 Å². The molecule has 0 aromatic heterocycles. The van der Waals surface area contributed by atoms with E-state index in [1.165, 1.54) is 22.5 Å². The molecule has 0 saturated heterocycles. The molecular weight excluding hydrogens is 401 g/mol. The quantitative estimate of drug-likeness (QED) is 0.474. The number of amides is 3. The third-order valence-corrected chi connectivity index (χ3v) is 4.98. The maximum Gasteiger partial charge on any atom is 0.332 e. The Hall–Kier alpha value is -3.32. The number of hydrogen-bond donors (Lipinski definition) is 3. The smallest absolute Gasteiger partial charge is 0.330 e. The van der Waals surface area contributed by atoms with Crippen molar-refractivity contribution in [2.75, 3.05) is 9.62 Å². The number of carbonyl (C=O) groups excluding carboxylic acids is 2. The van der Waals surface area contributed by atoms with Crippen LogP contribution in [0.4, 0.5) is 20.6 Å². The molecule has 3 aromatic carbocycles. The summed E-state index contributed by atoms with van der Waals surface area (Å²) in [5.74, 6) is -1.14. The highest BCUT2D eigenvalue weighted by Crippen LogP contribution is 2.22. The van der Waals surface area contributed by atoms with Crippen LogP contribution in [-0.4, -0.2) is 11.9 Å². The van der Waals surface area contributed by atoms with E-state index in [1.54, 1.807) is 30.3 Å². The summed E-state index contributed by atoms with van der Waals surface area (Å²) in [6, 6.07) is 19.6. The summed E-state index contributed by atoms with van der Waals surface area (Å²) in [6.07, 6.45) is 0. The number of anilines is 2. The standard InChI is InChI=1S/C23H22FN3O2S/c1-15-6-5-7-17(14-15)16(2)25-23(29)27(30)19-12-10-18(11-13-19)26-22(28)20-8-3-4-9-21(20)24/h3-14,16,30H,1-2H3,(H,25,29)(H,26,28). The number of nitrogens with one attached hydrogen (secondary N) is 2. The molecule has 2 N–H and O–H groups in total. The number of hydrogen-bond acceptors (Lipinski definition) is 3. The van der Waals surface area contributed by atoms with E-state index in [-0.39, 0.29) is 17.6 Å². The highest BCUT2D eigenvalue weighted by molar-refractivity contribution is 7.82. The molecule has 0 radical (unpaired) electrons. The lowest BCUT2D eigenvalue weighted by molar-refractivity contribution is 0.102. The van der Waals surface area contributed by atoms with Gasteiger partial charge in [0.15, 0.2) is 0 Å². The van der Waals surface area contributed by atoms with E-state index in [0.717, 1.165) is 11.1 Å². The summed E-state index contributed by atoms with van der Waals surface area (Å²) in [5.41, 5.74) is 3.07. The summed E-state index contributed by atoms with van der Waals surface area (Å²) in [6.45, 7) is 3.89. The largest absolute Gasteiger partial charge is 0.332 e. The zero-order chi connectivity index (χ0) is 21.7. The summed E-state index contributed by atoms with van der Waals surface area (Å²) < 4.78 is 14.9. The van der Waals surface area contributed by atoms with Gasteiger partial charge in [-0.05, 0) is 55.8 Å². The molecule has 154 valence electrons. The van der Waals surface area contributed by atoms with E-state index in [9.17, 15) is 14.0 Å². The average molecular weight is 424 g/mol. The van der Waals surface area contributed by atoms with Gasteiger partial charge in [-0.1, -0.05) is 54.8 Å². The van der Waals surface area contributed by atoms with Crippen molar-refractivity contribution in [2.24, 2.45) is 0 Å². The second kappa shape index (κ2) is 9.45. The molecule has 3 aromatic rings. The average Bonchev–Trinajstić information content (AvgIpc) is 2.74. The van der Waals surface area contributed by atoms with Crippen LogP contribution in [0.2, 0.25) is 0 Å². The van der Waals surface area contributed by atoms with Crippen molar-refractivity contribution in [1.82, 2.24) is 5.32 Å². The van der Waals surface area contributed by atoms with Gasteiger partial charge in [0.05, 0.1) is 17.3 Å². The fourth-order valence-corrected chi connectivity index (χ4v) is 3.11. The third-order valence-electron chi connectivity index (χ3n) is 4.56. The van der Waals surface area contributed by atoms with Crippen molar-refractivity contribution in [3.63, 3.8) is 0 Å². The first-order valence-corrected chi connectivity index (χ1v) is 9.77. The van der Waals surface area contributed by atoms with Gasteiger partial charge in [-0.2, -0.15) is 0 Å². The summed E-state index contributed by atoms with van der Waals surface area (Å²) >= 11 is 4.28. The van der Waals surface area contributed by atoms with E-state index in [0.29, 0.717) is 11.4 Å². The zero-order valence-electron chi connectivity index (χ0n) is 16.6. The van der Waals surface area contributed by atoms with Gasteiger partial charge >= 0.3 is 6.03 Å². The molecule has 0 aliphatic heterocycles. The first-order chi connectivity index (χ1) is 14.3. The Bertz CT molecular complexity index is 1060. The van der Waals surface area contributed by atoms with Crippen molar-refractivity contribution in [1.29, 1.82) is 0 Å². The van der Waals surface area contributed by atoms with Crippen LogP contribution in [0.3, 0.4) is 0 Å². The fourth-order valence-electron chi connectivity index (χ4n) is 2.92. The monoisotopic (exact) mass is 423 g/mol. The first-order valence-electron chi connectivity index (χ1n) is 9.37. The van der Waals surface area contributed by atoms with Gasteiger partial charge < -0.3 is 10.6 Å². The van der Waals surface area contributed by atoms with Crippen molar-refractivity contribution >= 4 is 36.1 Å². The van der Waals surface area contributed by atoms with Crippen LogP contribution in [0, 0.1) is 12.7 Å². The second-order valence-corrected chi connectivity index (χ2v) is 7.28. The van der Waals surface area contributed by atoms with Gasteiger partial charge in [-0.3, -0.25) is 4.79 Å². The SMILES string of the molecule is Cc1cccc(C(C)NC(=O)N(S)c2ccc(NC(=O)c3ccccc3F)cc2)c1. The molecular formula is C23H22FN3O2S. The highest BCUT2D eigenvalue weighted by atomic mass is 32.1. The van der Waals surface area contributed by atoms with Crippen LogP contribution in [-0.2, 0) is 0 Å². The molecule has 30 heavy (non-hydrogen) atoms. The Kier molecular flexibility index (Phi) is 6.74. The minimum Gasteiger partial charge on any atom is -0.330 e. The van der Waals surface area contributed by atoms with Crippen LogP contribution in [0.1, 0.15) is 34.5 Å². The highest BCUT2D eigenvalue weighted by Gasteiger charge is 2.16. The topological polar surface area (TPSA) is 61.4 Å². The van der Waals surface area contributed by atoms with Crippen LogP contribution >= 0.6 is 12.8 Å². The number of halogens is 1. The summed E-state index contributed by atoms with van der Waals surface area (Å²) in [5, 5.41) is 5.53. The molecule has 3 amide bonds. The number of benzene rings is 3. The van der Waals surface area contributed by atoms with E-state index < -0.39 is 11.7 Å². The molecule has 1 unspecified atom stereocenters. The summed E-state index contributed by atoms with van der Waals surface area (Å²) in [7, 11) is 0. The Morgan fingerprint density at radius 3 is 2.37 bits per heavy atom. The Morgan fingerprint density at radius 1 is 1.00 bits per heavy atom. The minimum absolute atomic E-state index is 0.0399. The van der Waals surface area contributed by atoms with Crippen LogP contribution < -0.4 is 14.9 Å². The number of thiol groups is 1. The van der Waals surface area contributed by atoms with Gasteiger partial charge in [0.2, 0.25) is 0 Å². The van der Waals surface area contributed by atoms with Crippen molar-refractivity contribution in [2.45, 2.75) is 19.9 Å². The number of nitrogens with zero attached hydrogens (tertiary/aromatic N) is 1. The number of urea groups is 1. The molecule has 7 heteroatoms. The van der Waals surface area contributed by atoms with Crippen LogP contribution in [0.25, 0.3) is 0 Å². The maximum atomic E-state index is 13.7. The molecule has 5 nitrogen and oxygen atoms in total. The third kappa shape index (κ3) is 5.18. The first kappa shape index (κ1) is 21.4. The predicted molar refractivity (Wildman–Crippen MR) is 120 cm³/mol. The van der Waals surface area contributed by atoms with E-state index >= 15 is 0 Å². The van der Waals surface area contributed by atoms with Gasteiger partial charge in [0, 0.05) is 5.69 Å². The molecule has 0 aliphatic carbocycles. The molecule has 0 fully saturated rings. The molecule has 0 heterocycles. The van der Waals surface area contributed by atoms with Gasteiger partial charge in [-0.25, -0.2) is 13.5 Å². The van der Waals surface area contributed by atoms with E-state index in [4.69, 9.17) is 0 Å². The molecule has 3 rings (SSSR count). The summed E-state index contributed by atoms with van der Waals surface area (Å²) in [4.78, 5) is 24.7. The molecule has 0 aliphatic rings. The number of carbonyl (C=O) groups is 2. The Balaban J connectivity index is 1.63. The molecule has 0 saturated carbocycles. The van der Waals surface area contributed by atoms with E-state index in [2.05, 4.69) is 23.4 Å².